The fraction of sp³-hybridized carbons (Fsp3) is 0.538. The molecule has 2 rings (SSSR count). The fourth-order valence-electron chi connectivity index (χ4n) is 2.39. The van der Waals surface area contributed by atoms with Crippen LogP contribution in [0, 0.1) is 0 Å². The number of amides is 2. The Balaban J connectivity index is 1.89. The molecule has 1 aromatic rings. The molecule has 1 aromatic heterocycles. The van der Waals surface area contributed by atoms with Crippen molar-refractivity contribution < 1.29 is 18.9 Å². The van der Waals surface area contributed by atoms with Crippen LogP contribution < -0.4 is 10.2 Å². The van der Waals surface area contributed by atoms with Crippen molar-refractivity contribution in [1.82, 2.24) is 10.2 Å². The summed E-state index contributed by atoms with van der Waals surface area (Å²) in [5.41, 5.74) is 0. The van der Waals surface area contributed by atoms with E-state index in [1.54, 1.807) is 24.1 Å². The molecule has 0 aliphatic carbocycles. The minimum Gasteiger partial charge on any atom is -0.459 e. The highest BCUT2D eigenvalue weighted by Gasteiger charge is 2.31. The van der Waals surface area contributed by atoms with E-state index in [1.807, 2.05) is 6.92 Å². The van der Waals surface area contributed by atoms with Gasteiger partial charge in [0.1, 0.15) is 0 Å². The molecule has 1 saturated heterocycles. The SMILES string of the molecule is CNC(=O)[C@H](C)[NH+]1CCN(C(=O)c2ccco2)CC1. The summed E-state index contributed by atoms with van der Waals surface area (Å²) in [6.45, 7) is 4.77. The Morgan fingerprint density at radius 2 is 2.11 bits per heavy atom. The molecule has 6 heteroatoms. The molecule has 1 aliphatic heterocycles. The number of nitrogens with zero attached hydrogens (tertiary/aromatic N) is 1. The number of hydrogen-bond acceptors (Lipinski definition) is 3. The third-order valence-corrected chi connectivity index (χ3v) is 3.68. The second-order valence-corrected chi connectivity index (χ2v) is 4.76. The molecule has 2 N–H and O–H groups in total. The molecule has 0 spiro atoms. The largest absolute Gasteiger partial charge is 0.459 e. The topological polar surface area (TPSA) is 67.0 Å². The molecule has 1 fully saturated rings. The Hall–Kier alpha value is -1.82. The van der Waals surface area contributed by atoms with Crippen molar-refractivity contribution in [3.63, 3.8) is 0 Å². The smallest absolute Gasteiger partial charge is 0.289 e. The van der Waals surface area contributed by atoms with Crippen LogP contribution in [-0.4, -0.2) is 56.0 Å². The van der Waals surface area contributed by atoms with Crippen molar-refractivity contribution in [3.05, 3.63) is 24.2 Å². The van der Waals surface area contributed by atoms with Gasteiger partial charge in [0.15, 0.2) is 11.8 Å². The number of carbonyl (C=O) groups excluding carboxylic acids is 2. The van der Waals surface area contributed by atoms with Gasteiger partial charge in [-0.3, -0.25) is 9.59 Å². The van der Waals surface area contributed by atoms with Crippen LogP contribution in [0.2, 0.25) is 0 Å². The van der Waals surface area contributed by atoms with E-state index in [4.69, 9.17) is 4.42 Å². The maximum Gasteiger partial charge on any atom is 0.289 e. The molecule has 1 atom stereocenters. The summed E-state index contributed by atoms with van der Waals surface area (Å²) < 4.78 is 5.12. The quantitative estimate of drug-likeness (QED) is 0.719. The summed E-state index contributed by atoms with van der Waals surface area (Å²) in [5, 5.41) is 2.66. The standard InChI is InChI=1S/C13H19N3O3/c1-10(12(17)14-2)15-5-7-16(8-6-15)13(18)11-4-3-9-19-11/h3-4,9-10H,5-8H2,1-2H3,(H,14,17)/p+1/t10-/m0/s1. The maximum absolute atomic E-state index is 12.1. The molecule has 0 aromatic carbocycles. The summed E-state index contributed by atoms with van der Waals surface area (Å²) in [4.78, 5) is 26.6. The van der Waals surface area contributed by atoms with E-state index in [0.29, 0.717) is 18.8 Å². The van der Waals surface area contributed by atoms with Gasteiger partial charge in [-0.05, 0) is 19.1 Å². The van der Waals surface area contributed by atoms with Crippen molar-refractivity contribution >= 4 is 11.8 Å². The minimum atomic E-state index is -0.0779. The van der Waals surface area contributed by atoms with E-state index in [9.17, 15) is 9.59 Å². The molecule has 19 heavy (non-hydrogen) atoms. The molecule has 0 unspecified atom stereocenters. The van der Waals surface area contributed by atoms with E-state index in [1.165, 1.54) is 11.2 Å². The molecule has 2 amide bonds. The number of quaternary nitrogens is 1. The number of likely N-dealkylation sites (N-methyl/N-ethyl adjacent to an activating group) is 1. The number of carbonyl (C=O) groups is 2. The van der Waals surface area contributed by atoms with E-state index >= 15 is 0 Å². The summed E-state index contributed by atoms with van der Waals surface area (Å²) in [7, 11) is 1.65. The van der Waals surface area contributed by atoms with Crippen molar-refractivity contribution in [2.75, 3.05) is 33.2 Å². The van der Waals surface area contributed by atoms with Crippen LogP contribution >= 0.6 is 0 Å². The molecule has 104 valence electrons. The number of furan rings is 1. The summed E-state index contributed by atoms with van der Waals surface area (Å²) in [6, 6.07) is 3.31. The highest BCUT2D eigenvalue weighted by Crippen LogP contribution is 2.05. The number of rotatable bonds is 3. The summed E-state index contributed by atoms with van der Waals surface area (Å²) >= 11 is 0. The average Bonchev–Trinajstić information content (AvgIpc) is 2.99. The van der Waals surface area contributed by atoms with E-state index in [-0.39, 0.29) is 17.9 Å². The Bertz CT molecular complexity index is 436. The minimum absolute atomic E-state index is 0.0424. The zero-order valence-electron chi connectivity index (χ0n) is 11.3. The Labute approximate surface area is 112 Å². The van der Waals surface area contributed by atoms with Crippen molar-refractivity contribution in [2.24, 2.45) is 0 Å². The van der Waals surface area contributed by atoms with Gasteiger partial charge >= 0.3 is 0 Å². The summed E-state index contributed by atoms with van der Waals surface area (Å²) in [6.07, 6.45) is 1.50. The van der Waals surface area contributed by atoms with E-state index in [2.05, 4.69) is 5.32 Å². The fourth-order valence-corrected chi connectivity index (χ4v) is 2.39. The van der Waals surface area contributed by atoms with Crippen molar-refractivity contribution in [3.8, 4) is 0 Å². The van der Waals surface area contributed by atoms with Crippen LogP contribution in [0.1, 0.15) is 17.5 Å². The molecular weight excluding hydrogens is 246 g/mol. The Morgan fingerprint density at radius 1 is 1.42 bits per heavy atom. The van der Waals surface area contributed by atoms with Gasteiger partial charge in [0.05, 0.1) is 32.4 Å². The molecule has 0 bridgehead atoms. The van der Waals surface area contributed by atoms with Gasteiger partial charge in [-0.1, -0.05) is 0 Å². The van der Waals surface area contributed by atoms with E-state index in [0.717, 1.165) is 13.1 Å². The molecular formula is C13H20N3O3+. The lowest BCUT2D eigenvalue weighted by molar-refractivity contribution is -0.917. The third-order valence-electron chi connectivity index (χ3n) is 3.68. The highest BCUT2D eigenvalue weighted by atomic mass is 16.3. The van der Waals surface area contributed by atoms with E-state index < -0.39 is 0 Å². The Morgan fingerprint density at radius 3 is 2.63 bits per heavy atom. The Kier molecular flexibility index (Phi) is 4.21. The van der Waals surface area contributed by atoms with Gasteiger partial charge in [-0.25, -0.2) is 0 Å². The lowest BCUT2D eigenvalue weighted by Gasteiger charge is -2.34. The van der Waals surface area contributed by atoms with Gasteiger partial charge in [-0.2, -0.15) is 0 Å². The first kappa shape index (κ1) is 13.6. The van der Waals surface area contributed by atoms with Gasteiger partial charge in [0.25, 0.3) is 11.8 Å². The van der Waals surface area contributed by atoms with Gasteiger partial charge < -0.3 is 19.5 Å². The second-order valence-electron chi connectivity index (χ2n) is 4.76. The van der Waals surface area contributed by atoms with Gasteiger partial charge in [0, 0.05) is 7.05 Å². The number of nitrogens with one attached hydrogen (secondary N) is 2. The predicted molar refractivity (Wildman–Crippen MR) is 68.8 cm³/mol. The predicted octanol–water partition coefficient (Wildman–Crippen LogP) is -1.25. The lowest BCUT2D eigenvalue weighted by atomic mass is 10.2. The lowest BCUT2D eigenvalue weighted by Crippen LogP contribution is -3.19. The monoisotopic (exact) mass is 266 g/mol. The van der Waals surface area contributed by atoms with Crippen molar-refractivity contribution in [1.29, 1.82) is 0 Å². The van der Waals surface area contributed by atoms with Crippen LogP contribution in [0.4, 0.5) is 0 Å². The van der Waals surface area contributed by atoms with Gasteiger partial charge in [-0.15, -0.1) is 0 Å². The first-order chi connectivity index (χ1) is 9.13. The third kappa shape index (κ3) is 2.96. The number of piperazine rings is 1. The first-order valence-corrected chi connectivity index (χ1v) is 6.52. The molecule has 1 aliphatic rings. The molecule has 2 heterocycles. The van der Waals surface area contributed by atoms with Crippen LogP contribution in [0.3, 0.4) is 0 Å². The maximum atomic E-state index is 12.1. The molecule has 6 nitrogen and oxygen atoms in total. The first-order valence-electron chi connectivity index (χ1n) is 6.52. The average molecular weight is 266 g/mol. The van der Waals surface area contributed by atoms with Crippen molar-refractivity contribution in [2.45, 2.75) is 13.0 Å². The molecule has 0 radical (unpaired) electrons. The molecule has 0 saturated carbocycles. The zero-order valence-corrected chi connectivity index (χ0v) is 11.3. The zero-order chi connectivity index (χ0) is 13.8. The van der Waals surface area contributed by atoms with Crippen LogP contribution in [-0.2, 0) is 4.79 Å². The summed E-state index contributed by atoms with van der Waals surface area (Å²) in [5.74, 6) is 0.347. The number of hydrogen-bond donors (Lipinski definition) is 2. The van der Waals surface area contributed by atoms with Crippen LogP contribution in [0.25, 0.3) is 0 Å². The van der Waals surface area contributed by atoms with Gasteiger partial charge in [0.2, 0.25) is 0 Å². The second kappa shape index (κ2) is 5.88. The highest BCUT2D eigenvalue weighted by molar-refractivity contribution is 5.91. The normalized spacial score (nSPS) is 18.1. The van der Waals surface area contributed by atoms with Crippen LogP contribution in [0.5, 0.6) is 0 Å². The van der Waals surface area contributed by atoms with Crippen LogP contribution in [0.15, 0.2) is 22.8 Å².